The predicted molar refractivity (Wildman–Crippen MR) is 37.7 cm³/mol. The monoisotopic (exact) mass is 247 g/mol. The molecule has 16 heavy (non-hydrogen) atoms. The normalized spacial score (nSPS) is 12.3. The van der Waals surface area contributed by atoms with Crippen molar-refractivity contribution in [3.8, 4) is 0 Å². The fourth-order valence-corrected chi connectivity index (χ4v) is 0.565. The van der Waals surface area contributed by atoms with Gasteiger partial charge in [0.2, 0.25) is 0 Å². The quantitative estimate of drug-likeness (QED) is 0.349. The molecule has 0 rings (SSSR count). The summed E-state index contributed by atoms with van der Waals surface area (Å²) in [4.78, 5) is 20.2. The number of hydrogen-bond acceptors (Lipinski definition) is 5. The van der Waals surface area contributed by atoms with Gasteiger partial charge in [-0.1, -0.05) is 0 Å². The molecule has 0 aromatic heterocycles. The Morgan fingerprint density at radius 3 is 2.00 bits per heavy atom. The molecule has 0 spiro atoms. The van der Waals surface area contributed by atoms with Gasteiger partial charge in [0, 0.05) is 7.11 Å². The summed E-state index contributed by atoms with van der Waals surface area (Å²) in [5.41, 5.74) is 0. The van der Waals surface area contributed by atoms with Gasteiger partial charge in [0.1, 0.15) is 12.6 Å². The van der Waals surface area contributed by atoms with Gasteiger partial charge in [-0.2, -0.15) is 17.6 Å². The standard InChI is InChI=1S/C7H8F4O5/c1-15-2-3-16-5(14)7(10,11)6(8,9)4(12)13/h2-3H2,1H3,(H,12,13)/p-1. The molecule has 5 nitrogen and oxygen atoms in total. The Morgan fingerprint density at radius 2 is 1.62 bits per heavy atom. The lowest BCUT2D eigenvalue weighted by Gasteiger charge is -2.24. The van der Waals surface area contributed by atoms with Gasteiger partial charge in [0.05, 0.1) is 6.61 Å². The molecule has 0 fully saturated rings. The summed E-state index contributed by atoms with van der Waals surface area (Å²) in [6, 6.07) is 0. The number of rotatable bonds is 6. The molecule has 0 aromatic rings. The van der Waals surface area contributed by atoms with Crippen LogP contribution in [0.25, 0.3) is 0 Å². The number of carbonyl (C=O) groups excluding carboxylic acids is 2. The summed E-state index contributed by atoms with van der Waals surface area (Å²) < 4.78 is 57.9. The minimum absolute atomic E-state index is 0.293. The Morgan fingerprint density at radius 1 is 1.12 bits per heavy atom. The Bertz CT molecular complexity index is 278. The number of hydrogen-bond donors (Lipinski definition) is 0. The number of ether oxygens (including phenoxy) is 2. The number of alkyl halides is 4. The molecule has 0 N–H and O–H groups in total. The lowest BCUT2D eigenvalue weighted by molar-refractivity contribution is -0.346. The minimum Gasteiger partial charge on any atom is -0.544 e. The highest BCUT2D eigenvalue weighted by atomic mass is 19.3. The van der Waals surface area contributed by atoms with Crippen LogP contribution in [-0.2, 0) is 19.1 Å². The second-order valence-electron chi connectivity index (χ2n) is 2.56. The van der Waals surface area contributed by atoms with E-state index in [1.807, 2.05) is 0 Å². The van der Waals surface area contributed by atoms with Gasteiger partial charge in [-0.15, -0.1) is 0 Å². The summed E-state index contributed by atoms with van der Waals surface area (Å²) in [5.74, 6) is -17.1. The highest BCUT2D eigenvalue weighted by Crippen LogP contribution is 2.34. The van der Waals surface area contributed by atoms with Crippen molar-refractivity contribution in [2.24, 2.45) is 0 Å². The lowest BCUT2D eigenvalue weighted by Crippen LogP contribution is -2.58. The molecule has 0 saturated carbocycles. The van der Waals surface area contributed by atoms with E-state index in [1.165, 1.54) is 0 Å². The van der Waals surface area contributed by atoms with E-state index in [9.17, 15) is 32.3 Å². The zero-order valence-electron chi connectivity index (χ0n) is 7.97. The highest BCUT2D eigenvalue weighted by Gasteiger charge is 2.64. The summed E-state index contributed by atoms with van der Waals surface area (Å²) in [5, 5.41) is 9.73. The Balaban J connectivity index is 4.65. The molecule has 0 aromatic carbocycles. The van der Waals surface area contributed by atoms with Crippen molar-refractivity contribution < 1.29 is 41.7 Å². The molecule has 0 amide bonds. The van der Waals surface area contributed by atoms with Crippen molar-refractivity contribution in [1.29, 1.82) is 0 Å². The largest absolute Gasteiger partial charge is 0.544 e. The molecular formula is C7H7F4O5-. The molecule has 0 saturated heterocycles. The zero-order chi connectivity index (χ0) is 13.0. The third-order valence-corrected chi connectivity index (χ3v) is 1.43. The maximum atomic E-state index is 12.6. The smallest absolute Gasteiger partial charge is 0.410 e. The van der Waals surface area contributed by atoms with E-state index < -0.39 is 30.4 Å². The van der Waals surface area contributed by atoms with Crippen molar-refractivity contribution >= 4 is 11.9 Å². The van der Waals surface area contributed by atoms with E-state index in [0.29, 0.717) is 0 Å². The molecule has 0 atom stereocenters. The van der Waals surface area contributed by atoms with Gasteiger partial charge in [-0.3, -0.25) is 0 Å². The summed E-state index contributed by atoms with van der Waals surface area (Å²) in [7, 11) is 1.15. The Kier molecular flexibility index (Phi) is 4.66. The molecule has 0 aliphatic heterocycles. The summed E-state index contributed by atoms with van der Waals surface area (Å²) >= 11 is 0. The molecule has 0 radical (unpaired) electrons. The van der Waals surface area contributed by atoms with Crippen LogP contribution in [0, 0.1) is 0 Å². The molecule has 0 heterocycles. The van der Waals surface area contributed by atoms with Crippen LogP contribution >= 0.6 is 0 Å². The van der Waals surface area contributed by atoms with Gasteiger partial charge in [0.15, 0.2) is 0 Å². The van der Waals surface area contributed by atoms with Gasteiger partial charge < -0.3 is 19.4 Å². The van der Waals surface area contributed by atoms with Crippen LogP contribution < -0.4 is 5.11 Å². The van der Waals surface area contributed by atoms with Crippen molar-refractivity contribution in [2.45, 2.75) is 11.8 Å². The first kappa shape index (κ1) is 14.6. The third-order valence-electron chi connectivity index (χ3n) is 1.43. The maximum absolute atomic E-state index is 12.6. The number of esters is 1. The van der Waals surface area contributed by atoms with Crippen LogP contribution in [0.5, 0.6) is 0 Å². The van der Waals surface area contributed by atoms with Gasteiger partial charge in [-0.05, 0) is 0 Å². The fraction of sp³-hybridized carbons (Fsp3) is 0.714. The van der Waals surface area contributed by atoms with Crippen molar-refractivity contribution in [3.63, 3.8) is 0 Å². The molecule has 0 unspecified atom stereocenters. The zero-order valence-corrected chi connectivity index (χ0v) is 7.97. The number of carbonyl (C=O) groups is 2. The molecule has 0 bridgehead atoms. The van der Waals surface area contributed by atoms with Crippen molar-refractivity contribution in [1.82, 2.24) is 0 Å². The van der Waals surface area contributed by atoms with Gasteiger partial charge in [-0.25, -0.2) is 4.79 Å². The predicted octanol–water partition coefficient (Wildman–Crippen LogP) is -0.804. The van der Waals surface area contributed by atoms with E-state index in [4.69, 9.17) is 0 Å². The highest BCUT2D eigenvalue weighted by molar-refractivity contribution is 5.88. The number of carboxylic acid groups (broad SMARTS) is 1. The van der Waals surface area contributed by atoms with Crippen LogP contribution in [0.3, 0.4) is 0 Å². The first-order valence-corrected chi connectivity index (χ1v) is 3.81. The average molecular weight is 247 g/mol. The second-order valence-corrected chi connectivity index (χ2v) is 2.56. The number of carboxylic acids is 1. The van der Waals surface area contributed by atoms with Crippen molar-refractivity contribution in [2.75, 3.05) is 20.3 Å². The fourth-order valence-electron chi connectivity index (χ4n) is 0.565. The van der Waals surface area contributed by atoms with Gasteiger partial charge in [0.25, 0.3) is 0 Å². The van der Waals surface area contributed by atoms with E-state index in [2.05, 4.69) is 9.47 Å². The lowest BCUT2D eigenvalue weighted by atomic mass is 10.2. The molecule has 0 aliphatic carbocycles. The molecule has 9 heteroatoms. The van der Waals surface area contributed by atoms with E-state index in [1.54, 1.807) is 0 Å². The van der Waals surface area contributed by atoms with Gasteiger partial charge >= 0.3 is 17.8 Å². The van der Waals surface area contributed by atoms with Crippen LogP contribution in [0.2, 0.25) is 0 Å². The van der Waals surface area contributed by atoms with E-state index in [-0.39, 0.29) is 6.61 Å². The summed E-state index contributed by atoms with van der Waals surface area (Å²) in [6.07, 6.45) is 0. The summed E-state index contributed by atoms with van der Waals surface area (Å²) in [6.45, 7) is -0.993. The topological polar surface area (TPSA) is 75.7 Å². The minimum atomic E-state index is -5.63. The van der Waals surface area contributed by atoms with Crippen molar-refractivity contribution in [3.05, 3.63) is 0 Å². The SMILES string of the molecule is COCCOC(=O)C(F)(F)C(F)(F)C(=O)[O-]. The molecule has 94 valence electrons. The number of methoxy groups -OCH3 is 1. The van der Waals surface area contributed by atoms with Crippen LogP contribution in [0.1, 0.15) is 0 Å². The third kappa shape index (κ3) is 2.81. The second kappa shape index (κ2) is 5.10. The van der Waals surface area contributed by atoms with E-state index >= 15 is 0 Å². The number of halogens is 4. The van der Waals surface area contributed by atoms with Crippen LogP contribution in [0.4, 0.5) is 17.6 Å². The van der Waals surface area contributed by atoms with Crippen LogP contribution in [0.15, 0.2) is 0 Å². The maximum Gasteiger partial charge on any atom is 0.410 e. The van der Waals surface area contributed by atoms with Crippen LogP contribution in [-0.4, -0.2) is 44.1 Å². The first-order chi connectivity index (χ1) is 7.17. The first-order valence-electron chi connectivity index (χ1n) is 3.81. The average Bonchev–Trinajstić information content (AvgIpc) is 2.17. The van der Waals surface area contributed by atoms with E-state index in [0.717, 1.165) is 7.11 Å². The molecular weight excluding hydrogens is 240 g/mol. The molecule has 0 aliphatic rings. The number of aliphatic carboxylic acids is 1. The Labute approximate surface area is 86.9 Å². The Hall–Kier alpha value is -1.38.